The molecule has 0 aliphatic heterocycles. The standard InChI is InChI=1S/C17H15Cl2NO3/c1-22-13-3-5-14(6-4-13)23-11-17(21,8-9-20)12-2-7-15(18)16(19)10-12/h2-7,10,21H,8,11H2,1H3. The molecular weight excluding hydrogens is 337 g/mol. The van der Waals surface area contributed by atoms with Gasteiger partial charge in [-0.2, -0.15) is 5.26 Å². The number of benzene rings is 2. The Bertz CT molecular complexity index is 713. The molecule has 0 aliphatic carbocycles. The average molecular weight is 352 g/mol. The van der Waals surface area contributed by atoms with Crippen LogP contribution in [0.25, 0.3) is 0 Å². The van der Waals surface area contributed by atoms with Crippen molar-refractivity contribution in [3.8, 4) is 17.6 Å². The SMILES string of the molecule is COc1ccc(OCC(O)(CC#N)c2ccc(Cl)c(Cl)c2)cc1. The average Bonchev–Trinajstić information content (AvgIpc) is 2.56. The fraction of sp³-hybridized carbons (Fsp3) is 0.235. The Kier molecular flexibility index (Phi) is 5.73. The molecule has 120 valence electrons. The van der Waals surface area contributed by atoms with Crippen LogP contribution in [-0.4, -0.2) is 18.8 Å². The van der Waals surface area contributed by atoms with Gasteiger partial charge in [0.05, 0.1) is 29.6 Å². The topological polar surface area (TPSA) is 62.5 Å². The van der Waals surface area contributed by atoms with E-state index in [1.807, 2.05) is 6.07 Å². The zero-order valence-corrected chi connectivity index (χ0v) is 13.9. The number of methoxy groups -OCH3 is 1. The lowest BCUT2D eigenvalue weighted by Crippen LogP contribution is -2.32. The first kappa shape index (κ1) is 17.4. The van der Waals surface area contributed by atoms with Crippen molar-refractivity contribution in [2.45, 2.75) is 12.0 Å². The van der Waals surface area contributed by atoms with E-state index >= 15 is 0 Å². The third-order valence-electron chi connectivity index (χ3n) is 3.37. The van der Waals surface area contributed by atoms with E-state index in [-0.39, 0.29) is 13.0 Å². The summed E-state index contributed by atoms with van der Waals surface area (Å²) >= 11 is 11.9. The molecule has 2 aromatic carbocycles. The monoisotopic (exact) mass is 351 g/mol. The Morgan fingerprint density at radius 2 is 1.74 bits per heavy atom. The number of hydrogen-bond acceptors (Lipinski definition) is 4. The number of halogens is 2. The van der Waals surface area contributed by atoms with Crippen LogP contribution in [0.5, 0.6) is 11.5 Å². The van der Waals surface area contributed by atoms with Gasteiger partial charge in [-0.25, -0.2) is 0 Å². The summed E-state index contributed by atoms with van der Waals surface area (Å²) < 4.78 is 10.7. The van der Waals surface area contributed by atoms with Gasteiger partial charge in [0, 0.05) is 0 Å². The Balaban J connectivity index is 2.19. The van der Waals surface area contributed by atoms with Crippen LogP contribution in [0.15, 0.2) is 42.5 Å². The fourth-order valence-electron chi connectivity index (χ4n) is 2.03. The van der Waals surface area contributed by atoms with E-state index in [2.05, 4.69) is 0 Å². The van der Waals surface area contributed by atoms with Gasteiger partial charge in [-0.05, 0) is 42.0 Å². The minimum absolute atomic E-state index is 0.0924. The minimum atomic E-state index is -1.48. The predicted molar refractivity (Wildman–Crippen MR) is 89.1 cm³/mol. The van der Waals surface area contributed by atoms with Gasteiger partial charge in [0.25, 0.3) is 0 Å². The first-order valence-corrected chi connectivity index (χ1v) is 7.56. The second kappa shape index (κ2) is 7.56. The Labute approximate surface area is 144 Å². The zero-order valence-electron chi connectivity index (χ0n) is 12.4. The molecular formula is C17H15Cl2NO3. The summed E-state index contributed by atoms with van der Waals surface area (Å²) in [7, 11) is 1.58. The van der Waals surface area contributed by atoms with Gasteiger partial charge in [0.1, 0.15) is 23.7 Å². The minimum Gasteiger partial charge on any atom is -0.497 e. The molecule has 4 nitrogen and oxygen atoms in total. The van der Waals surface area contributed by atoms with Crippen LogP contribution in [0.3, 0.4) is 0 Å². The van der Waals surface area contributed by atoms with Crippen LogP contribution < -0.4 is 9.47 Å². The molecule has 0 aliphatic rings. The number of nitriles is 1. The first-order valence-electron chi connectivity index (χ1n) is 6.80. The van der Waals surface area contributed by atoms with Crippen LogP contribution in [0.1, 0.15) is 12.0 Å². The molecule has 0 saturated heterocycles. The fourth-order valence-corrected chi connectivity index (χ4v) is 2.33. The van der Waals surface area contributed by atoms with E-state index in [9.17, 15) is 5.11 Å². The van der Waals surface area contributed by atoms with Gasteiger partial charge in [0.2, 0.25) is 0 Å². The number of nitrogens with zero attached hydrogens (tertiary/aromatic N) is 1. The van der Waals surface area contributed by atoms with Gasteiger partial charge >= 0.3 is 0 Å². The molecule has 0 aromatic heterocycles. The van der Waals surface area contributed by atoms with Crippen LogP contribution in [-0.2, 0) is 5.60 Å². The van der Waals surface area contributed by atoms with Crippen molar-refractivity contribution in [2.24, 2.45) is 0 Å². The molecule has 0 radical (unpaired) electrons. The predicted octanol–water partition coefficient (Wildman–Crippen LogP) is 4.18. The maximum Gasteiger partial charge on any atom is 0.136 e. The van der Waals surface area contributed by atoms with Crippen LogP contribution in [0, 0.1) is 11.3 Å². The van der Waals surface area contributed by atoms with E-state index in [1.54, 1.807) is 49.6 Å². The summed E-state index contributed by atoms with van der Waals surface area (Å²) in [6.07, 6.45) is -0.138. The summed E-state index contributed by atoms with van der Waals surface area (Å²) in [5.74, 6) is 1.26. The molecule has 6 heteroatoms. The molecule has 1 unspecified atom stereocenters. The van der Waals surface area contributed by atoms with Crippen molar-refractivity contribution in [1.82, 2.24) is 0 Å². The molecule has 0 saturated carbocycles. The largest absolute Gasteiger partial charge is 0.497 e. The number of hydrogen-bond donors (Lipinski definition) is 1. The maximum atomic E-state index is 10.8. The van der Waals surface area contributed by atoms with Gasteiger partial charge in [0.15, 0.2) is 0 Å². The van der Waals surface area contributed by atoms with Crippen molar-refractivity contribution >= 4 is 23.2 Å². The van der Waals surface area contributed by atoms with Gasteiger partial charge in [-0.1, -0.05) is 29.3 Å². The highest BCUT2D eigenvalue weighted by molar-refractivity contribution is 6.42. The lowest BCUT2D eigenvalue weighted by Gasteiger charge is -2.26. The van der Waals surface area contributed by atoms with E-state index in [0.717, 1.165) is 0 Å². The zero-order chi connectivity index (χ0) is 16.9. The van der Waals surface area contributed by atoms with Crippen molar-refractivity contribution in [3.63, 3.8) is 0 Å². The van der Waals surface area contributed by atoms with Crippen molar-refractivity contribution in [1.29, 1.82) is 5.26 Å². The normalized spacial score (nSPS) is 13.0. The highest BCUT2D eigenvalue weighted by atomic mass is 35.5. The summed E-state index contributed by atoms with van der Waals surface area (Å²) in [5.41, 5.74) is -1.01. The lowest BCUT2D eigenvalue weighted by molar-refractivity contribution is -0.00554. The number of aliphatic hydroxyl groups is 1. The van der Waals surface area contributed by atoms with E-state index < -0.39 is 5.60 Å². The molecule has 0 fully saturated rings. The third kappa shape index (κ3) is 4.29. The molecule has 0 bridgehead atoms. The van der Waals surface area contributed by atoms with Crippen LogP contribution in [0.2, 0.25) is 10.0 Å². The number of rotatable bonds is 6. The third-order valence-corrected chi connectivity index (χ3v) is 4.10. The molecule has 0 amide bonds. The first-order chi connectivity index (χ1) is 11.0. The smallest absolute Gasteiger partial charge is 0.136 e. The Morgan fingerprint density at radius 1 is 1.09 bits per heavy atom. The molecule has 0 spiro atoms. The molecule has 2 rings (SSSR count). The van der Waals surface area contributed by atoms with Crippen LogP contribution >= 0.6 is 23.2 Å². The maximum absolute atomic E-state index is 10.8. The van der Waals surface area contributed by atoms with E-state index in [4.69, 9.17) is 37.9 Å². The van der Waals surface area contributed by atoms with Crippen molar-refractivity contribution in [3.05, 3.63) is 58.1 Å². The molecule has 23 heavy (non-hydrogen) atoms. The Morgan fingerprint density at radius 3 is 2.30 bits per heavy atom. The highest BCUT2D eigenvalue weighted by Crippen LogP contribution is 2.31. The van der Waals surface area contributed by atoms with Gasteiger partial charge < -0.3 is 14.6 Å². The van der Waals surface area contributed by atoms with Crippen molar-refractivity contribution < 1.29 is 14.6 Å². The van der Waals surface area contributed by atoms with E-state index in [1.165, 1.54) is 0 Å². The number of ether oxygens (including phenoxy) is 2. The van der Waals surface area contributed by atoms with E-state index in [0.29, 0.717) is 27.1 Å². The molecule has 1 atom stereocenters. The lowest BCUT2D eigenvalue weighted by atomic mass is 9.92. The summed E-state index contributed by atoms with van der Waals surface area (Å²) in [4.78, 5) is 0. The van der Waals surface area contributed by atoms with Crippen molar-refractivity contribution in [2.75, 3.05) is 13.7 Å². The Hall–Kier alpha value is -1.93. The summed E-state index contributed by atoms with van der Waals surface area (Å²) in [6.45, 7) is -0.0924. The van der Waals surface area contributed by atoms with Gasteiger partial charge in [-0.15, -0.1) is 0 Å². The second-order valence-corrected chi connectivity index (χ2v) is 5.77. The quantitative estimate of drug-likeness (QED) is 0.847. The van der Waals surface area contributed by atoms with Gasteiger partial charge in [-0.3, -0.25) is 0 Å². The highest BCUT2D eigenvalue weighted by Gasteiger charge is 2.31. The summed E-state index contributed by atoms with van der Waals surface area (Å²) in [5, 5.41) is 20.5. The van der Waals surface area contributed by atoms with Crippen LogP contribution in [0.4, 0.5) is 0 Å². The second-order valence-electron chi connectivity index (χ2n) is 4.96. The molecule has 2 aromatic rings. The molecule has 1 N–H and O–H groups in total. The molecule has 0 heterocycles. The summed E-state index contributed by atoms with van der Waals surface area (Å²) in [6, 6.07) is 13.7.